The number of carboxylic acid groups (broad SMARTS) is 1. The number of carboxylic acids is 1. The number of benzene rings is 1. The van der Waals surface area contributed by atoms with E-state index in [1.807, 2.05) is 45.0 Å². The molecule has 0 bridgehead atoms. The van der Waals surface area contributed by atoms with E-state index in [9.17, 15) is 9.59 Å². The van der Waals surface area contributed by atoms with Gasteiger partial charge in [0.1, 0.15) is 6.04 Å². The summed E-state index contributed by atoms with van der Waals surface area (Å²) < 4.78 is 0. The molecular formula is C15H21NO3. The Hall–Kier alpha value is -1.84. The van der Waals surface area contributed by atoms with E-state index >= 15 is 0 Å². The van der Waals surface area contributed by atoms with Crippen LogP contribution in [0.1, 0.15) is 31.4 Å². The van der Waals surface area contributed by atoms with E-state index in [0.29, 0.717) is 6.42 Å². The normalized spacial score (nSPS) is 13.6. The molecular weight excluding hydrogens is 242 g/mol. The lowest BCUT2D eigenvalue weighted by Gasteiger charge is -2.20. The van der Waals surface area contributed by atoms with Crippen LogP contribution in [0.25, 0.3) is 0 Å². The molecule has 1 amide bonds. The van der Waals surface area contributed by atoms with Crippen molar-refractivity contribution in [3.63, 3.8) is 0 Å². The van der Waals surface area contributed by atoms with Crippen molar-refractivity contribution in [1.82, 2.24) is 5.32 Å². The lowest BCUT2D eigenvalue weighted by molar-refractivity contribution is -0.143. The van der Waals surface area contributed by atoms with Gasteiger partial charge in [-0.25, -0.2) is 4.79 Å². The van der Waals surface area contributed by atoms with Crippen LogP contribution in [0.2, 0.25) is 0 Å². The highest BCUT2D eigenvalue weighted by Gasteiger charge is 2.25. The van der Waals surface area contributed by atoms with E-state index in [4.69, 9.17) is 5.11 Å². The average Bonchev–Trinajstić information content (AvgIpc) is 2.37. The molecule has 1 unspecified atom stereocenters. The highest BCUT2D eigenvalue weighted by Crippen LogP contribution is 2.09. The van der Waals surface area contributed by atoms with Gasteiger partial charge in [0, 0.05) is 0 Å². The Morgan fingerprint density at radius 2 is 1.84 bits per heavy atom. The Bertz CT molecular complexity index is 439. The van der Waals surface area contributed by atoms with Gasteiger partial charge in [-0.2, -0.15) is 0 Å². The lowest BCUT2D eigenvalue weighted by atomic mass is 9.99. The zero-order valence-electron chi connectivity index (χ0n) is 11.6. The molecule has 1 rings (SSSR count). The van der Waals surface area contributed by atoms with Gasteiger partial charge in [0.15, 0.2) is 0 Å². The van der Waals surface area contributed by atoms with E-state index in [1.54, 1.807) is 0 Å². The Labute approximate surface area is 113 Å². The Kier molecular flexibility index (Phi) is 5.55. The Balaban J connectivity index is 2.62. The number of rotatable bonds is 6. The zero-order valence-corrected chi connectivity index (χ0v) is 11.6. The molecule has 1 aromatic rings. The zero-order chi connectivity index (χ0) is 14.4. The maximum atomic E-state index is 11.9. The first-order chi connectivity index (χ1) is 8.93. The molecule has 4 nitrogen and oxygen atoms in total. The Morgan fingerprint density at radius 3 is 2.32 bits per heavy atom. The third kappa shape index (κ3) is 4.73. The average molecular weight is 263 g/mol. The molecule has 0 aliphatic heterocycles. The number of amides is 1. The second-order valence-electron chi connectivity index (χ2n) is 4.93. The van der Waals surface area contributed by atoms with Crippen molar-refractivity contribution < 1.29 is 14.7 Å². The van der Waals surface area contributed by atoms with E-state index < -0.39 is 12.0 Å². The first-order valence-electron chi connectivity index (χ1n) is 6.51. The van der Waals surface area contributed by atoms with E-state index in [0.717, 1.165) is 11.1 Å². The molecule has 2 N–H and O–H groups in total. The topological polar surface area (TPSA) is 66.4 Å². The minimum Gasteiger partial charge on any atom is -0.480 e. The van der Waals surface area contributed by atoms with Gasteiger partial charge >= 0.3 is 5.97 Å². The van der Waals surface area contributed by atoms with Crippen LogP contribution in [0.5, 0.6) is 0 Å². The monoisotopic (exact) mass is 263 g/mol. The number of carbonyl (C=O) groups is 2. The number of nitrogens with one attached hydrogen (secondary N) is 1. The summed E-state index contributed by atoms with van der Waals surface area (Å²) in [6.45, 7) is 5.71. The summed E-state index contributed by atoms with van der Waals surface area (Å²) in [5.74, 6) is -1.32. The third-order valence-corrected chi connectivity index (χ3v) is 3.28. The number of hydrogen-bond acceptors (Lipinski definition) is 2. The van der Waals surface area contributed by atoms with Gasteiger partial charge in [-0.05, 0) is 18.4 Å². The first kappa shape index (κ1) is 15.2. The number of hydrogen-bond donors (Lipinski definition) is 2. The summed E-state index contributed by atoms with van der Waals surface area (Å²) in [6.07, 6.45) is 0.919. The first-order valence-corrected chi connectivity index (χ1v) is 6.51. The summed E-state index contributed by atoms with van der Waals surface area (Å²) in [5, 5.41) is 11.7. The molecule has 4 heteroatoms. The van der Waals surface area contributed by atoms with Gasteiger partial charge < -0.3 is 10.4 Å². The largest absolute Gasteiger partial charge is 0.480 e. The van der Waals surface area contributed by atoms with Gasteiger partial charge in [0.25, 0.3) is 0 Å². The fraction of sp³-hybridized carbons (Fsp3) is 0.467. The standard InChI is InChI=1S/C15H21NO3/c1-4-11(3)14(15(18)19)16-13(17)9-12-7-5-10(2)6-8-12/h5-8,11,14H,4,9H2,1-3H3,(H,16,17)(H,18,19)/t11?,14-/m0/s1. The predicted molar refractivity (Wildman–Crippen MR) is 73.9 cm³/mol. The lowest BCUT2D eigenvalue weighted by Crippen LogP contribution is -2.45. The van der Waals surface area contributed by atoms with Crippen molar-refractivity contribution in [3.8, 4) is 0 Å². The smallest absolute Gasteiger partial charge is 0.326 e. The van der Waals surface area contributed by atoms with Crippen molar-refractivity contribution in [1.29, 1.82) is 0 Å². The predicted octanol–water partition coefficient (Wildman–Crippen LogP) is 2.15. The summed E-state index contributed by atoms with van der Waals surface area (Å²) in [6, 6.07) is 6.82. The molecule has 0 saturated heterocycles. The van der Waals surface area contributed by atoms with Crippen molar-refractivity contribution in [2.24, 2.45) is 5.92 Å². The van der Waals surface area contributed by atoms with Crippen LogP contribution in [-0.4, -0.2) is 23.0 Å². The van der Waals surface area contributed by atoms with Crippen molar-refractivity contribution in [2.75, 3.05) is 0 Å². The van der Waals surface area contributed by atoms with Gasteiger partial charge in [-0.3, -0.25) is 4.79 Å². The fourth-order valence-corrected chi connectivity index (χ4v) is 1.80. The van der Waals surface area contributed by atoms with E-state index in [-0.39, 0.29) is 18.2 Å². The maximum absolute atomic E-state index is 11.9. The number of carbonyl (C=O) groups excluding carboxylic acids is 1. The van der Waals surface area contributed by atoms with Crippen LogP contribution in [0, 0.1) is 12.8 Å². The minimum absolute atomic E-state index is 0.0838. The molecule has 0 fully saturated rings. The quantitative estimate of drug-likeness (QED) is 0.826. The fourth-order valence-electron chi connectivity index (χ4n) is 1.80. The van der Waals surface area contributed by atoms with Crippen molar-refractivity contribution in [3.05, 3.63) is 35.4 Å². The SMILES string of the molecule is CCC(C)[C@H](NC(=O)Cc1ccc(C)cc1)C(=O)O. The highest BCUT2D eigenvalue weighted by atomic mass is 16.4. The molecule has 0 aliphatic rings. The van der Waals surface area contributed by atoms with E-state index in [1.165, 1.54) is 0 Å². The highest BCUT2D eigenvalue weighted by molar-refractivity contribution is 5.85. The molecule has 0 heterocycles. The molecule has 19 heavy (non-hydrogen) atoms. The van der Waals surface area contributed by atoms with Crippen LogP contribution in [-0.2, 0) is 16.0 Å². The van der Waals surface area contributed by atoms with Gasteiger partial charge in [-0.1, -0.05) is 50.1 Å². The van der Waals surface area contributed by atoms with Crippen LogP contribution >= 0.6 is 0 Å². The molecule has 0 spiro atoms. The molecule has 1 aromatic carbocycles. The molecule has 0 aliphatic carbocycles. The molecule has 2 atom stereocenters. The second-order valence-corrected chi connectivity index (χ2v) is 4.93. The number of aryl methyl sites for hydroxylation is 1. The molecule has 104 valence electrons. The summed E-state index contributed by atoms with van der Waals surface area (Å²) in [7, 11) is 0. The van der Waals surface area contributed by atoms with Crippen LogP contribution < -0.4 is 5.32 Å². The maximum Gasteiger partial charge on any atom is 0.326 e. The third-order valence-electron chi connectivity index (χ3n) is 3.28. The minimum atomic E-state index is -0.980. The van der Waals surface area contributed by atoms with Crippen LogP contribution in [0.15, 0.2) is 24.3 Å². The van der Waals surface area contributed by atoms with Gasteiger partial charge in [0.05, 0.1) is 6.42 Å². The van der Waals surface area contributed by atoms with Gasteiger partial charge in [-0.15, -0.1) is 0 Å². The summed E-state index contributed by atoms with van der Waals surface area (Å²) in [5.41, 5.74) is 2.02. The Morgan fingerprint density at radius 1 is 1.26 bits per heavy atom. The number of aliphatic carboxylic acids is 1. The van der Waals surface area contributed by atoms with Crippen LogP contribution in [0.4, 0.5) is 0 Å². The molecule has 0 saturated carbocycles. The van der Waals surface area contributed by atoms with Gasteiger partial charge in [0.2, 0.25) is 5.91 Å². The summed E-state index contributed by atoms with van der Waals surface area (Å²) in [4.78, 5) is 23.0. The molecule has 0 aromatic heterocycles. The summed E-state index contributed by atoms with van der Waals surface area (Å²) >= 11 is 0. The van der Waals surface area contributed by atoms with Crippen molar-refractivity contribution in [2.45, 2.75) is 39.7 Å². The second kappa shape index (κ2) is 6.92. The van der Waals surface area contributed by atoms with E-state index in [2.05, 4.69) is 5.32 Å². The van der Waals surface area contributed by atoms with Crippen molar-refractivity contribution >= 4 is 11.9 Å². The molecule has 0 radical (unpaired) electrons. The van der Waals surface area contributed by atoms with Crippen LogP contribution in [0.3, 0.4) is 0 Å².